The van der Waals surface area contributed by atoms with Crippen LogP contribution in [0.25, 0.3) is 0 Å². The van der Waals surface area contributed by atoms with Gasteiger partial charge in [0.1, 0.15) is 5.75 Å². The van der Waals surface area contributed by atoms with Gasteiger partial charge in [0, 0.05) is 13.6 Å². The van der Waals surface area contributed by atoms with Gasteiger partial charge in [-0.3, -0.25) is 0 Å². The molecule has 0 heterocycles. The van der Waals surface area contributed by atoms with Crippen molar-refractivity contribution in [3.63, 3.8) is 0 Å². The van der Waals surface area contributed by atoms with Crippen molar-refractivity contribution in [1.29, 1.82) is 0 Å². The van der Waals surface area contributed by atoms with Crippen molar-refractivity contribution in [2.75, 3.05) is 14.2 Å². The van der Waals surface area contributed by atoms with Crippen molar-refractivity contribution in [3.8, 4) is 5.75 Å². The summed E-state index contributed by atoms with van der Waals surface area (Å²) in [5.41, 5.74) is 2.04. The first-order valence-electron chi connectivity index (χ1n) is 8.07. The second-order valence-corrected chi connectivity index (χ2v) is 8.04. The van der Waals surface area contributed by atoms with Crippen molar-refractivity contribution in [3.05, 3.63) is 59.7 Å². The molecule has 0 amide bonds. The van der Waals surface area contributed by atoms with E-state index in [1.807, 2.05) is 36.4 Å². The van der Waals surface area contributed by atoms with Crippen LogP contribution in [-0.4, -0.2) is 26.9 Å². The summed E-state index contributed by atoms with van der Waals surface area (Å²) in [6.45, 7) is 4.56. The van der Waals surface area contributed by atoms with E-state index in [4.69, 9.17) is 4.74 Å². The van der Waals surface area contributed by atoms with Crippen molar-refractivity contribution in [2.24, 2.45) is 0 Å². The van der Waals surface area contributed by atoms with E-state index in [9.17, 15) is 8.42 Å². The molecule has 0 radical (unpaired) electrons. The maximum atomic E-state index is 12.7. The minimum atomic E-state index is -3.51. The molecule has 1 atom stereocenters. The first-order valence-corrected chi connectivity index (χ1v) is 9.51. The predicted octanol–water partition coefficient (Wildman–Crippen LogP) is 4.03. The molecule has 0 aliphatic carbocycles. The summed E-state index contributed by atoms with van der Waals surface area (Å²) in [7, 11) is -0.323. The van der Waals surface area contributed by atoms with Crippen molar-refractivity contribution in [1.82, 2.24) is 4.31 Å². The summed E-state index contributed by atoms with van der Waals surface area (Å²) in [6.07, 6.45) is 1.03. The number of nitrogens with zero attached hydrogens (tertiary/aromatic N) is 1. The van der Waals surface area contributed by atoms with Gasteiger partial charge in [0.25, 0.3) is 0 Å². The van der Waals surface area contributed by atoms with Gasteiger partial charge in [-0.2, -0.15) is 4.31 Å². The fraction of sp³-hybridized carbons (Fsp3) is 0.368. The zero-order valence-corrected chi connectivity index (χ0v) is 15.5. The molecule has 2 rings (SSSR count). The zero-order chi connectivity index (χ0) is 17.7. The molecular formula is C19H25NO3S. The van der Waals surface area contributed by atoms with Gasteiger partial charge in [-0.15, -0.1) is 0 Å². The fourth-order valence-corrected chi connectivity index (χ4v) is 3.66. The predicted molar refractivity (Wildman–Crippen MR) is 96.8 cm³/mol. The van der Waals surface area contributed by atoms with Gasteiger partial charge in [0.05, 0.1) is 12.0 Å². The molecule has 0 bridgehead atoms. The highest BCUT2D eigenvalue weighted by Crippen LogP contribution is 2.23. The lowest BCUT2D eigenvalue weighted by Gasteiger charge is -2.18. The number of rotatable bonds is 7. The Morgan fingerprint density at radius 3 is 2.38 bits per heavy atom. The molecule has 2 aromatic carbocycles. The van der Waals surface area contributed by atoms with Gasteiger partial charge in [-0.25, -0.2) is 8.42 Å². The molecule has 130 valence electrons. The van der Waals surface area contributed by atoms with Crippen LogP contribution in [-0.2, 0) is 16.6 Å². The van der Waals surface area contributed by atoms with Crippen LogP contribution in [0.5, 0.6) is 5.75 Å². The molecule has 0 spiro atoms. The molecular weight excluding hydrogens is 322 g/mol. The van der Waals surface area contributed by atoms with Crippen LogP contribution in [0.1, 0.15) is 37.3 Å². The summed E-state index contributed by atoms with van der Waals surface area (Å²) < 4.78 is 32.0. The number of benzene rings is 2. The summed E-state index contributed by atoms with van der Waals surface area (Å²) in [6, 6.07) is 14.6. The van der Waals surface area contributed by atoms with E-state index < -0.39 is 10.0 Å². The van der Waals surface area contributed by atoms with Crippen LogP contribution < -0.4 is 4.74 Å². The number of sulfonamides is 1. The summed E-state index contributed by atoms with van der Waals surface area (Å²) in [4.78, 5) is 0.319. The van der Waals surface area contributed by atoms with Gasteiger partial charge in [-0.1, -0.05) is 38.1 Å². The fourth-order valence-electron chi connectivity index (χ4n) is 2.50. The molecule has 24 heavy (non-hydrogen) atoms. The Balaban J connectivity index is 2.19. The van der Waals surface area contributed by atoms with Crippen molar-refractivity contribution in [2.45, 2.75) is 37.6 Å². The zero-order valence-electron chi connectivity index (χ0n) is 14.7. The Labute approximate surface area is 145 Å². The topological polar surface area (TPSA) is 46.6 Å². The smallest absolute Gasteiger partial charge is 0.243 e. The Morgan fingerprint density at radius 1 is 1.12 bits per heavy atom. The highest BCUT2D eigenvalue weighted by molar-refractivity contribution is 7.89. The minimum Gasteiger partial charge on any atom is -0.497 e. The molecule has 0 aliphatic heterocycles. The Morgan fingerprint density at radius 2 is 1.79 bits per heavy atom. The number of hydrogen-bond donors (Lipinski definition) is 0. The molecule has 2 aromatic rings. The maximum absolute atomic E-state index is 12.7. The van der Waals surface area contributed by atoms with Gasteiger partial charge >= 0.3 is 0 Å². The first-order chi connectivity index (χ1) is 11.4. The van der Waals surface area contributed by atoms with Gasteiger partial charge in [0.15, 0.2) is 0 Å². The van der Waals surface area contributed by atoms with E-state index >= 15 is 0 Å². The first kappa shape index (κ1) is 18.5. The Bertz CT molecular complexity index is 769. The minimum absolute atomic E-state index is 0.298. The number of hydrogen-bond acceptors (Lipinski definition) is 3. The monoisotopic (exact) mass is 347 g/mol. The highest BCUT2D eigenvalue weighted by atomic mass is 32.2. The van der Waals surface area contributed by atoms with E-state index in [0.29, 0.717) is 17.4 Å². The maximum Gasteiger partial charge on any atom is 0.243 e. The second-order valence-electron chi connectivity index (χ2n) is 5.99. The van der Waals surface area contributed by atoms with E-state index in [-0.39, 0.29) is 0 Å². The Hall–Kier alpha value is -1.85. The third kappa shape index (κ3) is 4.16. The molecule has 0 N–H and O–H groups in total. The summed E-state index contributed by atoms with van der Waals surface area (Å²) in [5, 5.41) is 0. The largest absolute Gasteiger partial charge is 0.497 e. The van der Waals surface area contributed by atoms with E-state index in [1.165, 1.54) is 4.31 Å². The van der Waals surface area contributed by atoms with Crippen LogP contribution in [0.4, 0.5) is 0 Å². The lowest BCUT2D eigenvalue weighted by Crippen LogP contribution is -2.26. The SMILES string of the molecule is CCC(C)c1ccc(S(=O)(=O)N(C)Cc2cccc(OC)c2)cc1. The third-order valence-electron chi connectivity index (χ3n) is 4.31. The molecule has 4 nitrogen and oxygen atoms in total. The molecule has 0 saturated carbocycles. The average molecular weight is 347 g/mol. The summed E-state index contributed by atoms with van der Waals surface area (Å²) >= 11 is 0. The lowest BCUT2D eigenvalue weighted by molar-refractivity contribution is 0.412. The summed E-state index contributed by atoms with van der Waals surface area (Å²) in [5.74, 6) is 1.15. The molecule has 1 unspecified atom stereocenters. The van der Waals surface area contributed by atoms with Crippen LogP contribution in [0.15, 0.2) is 53.4 Å². The van der Waals surface area contributed by atoms with E-state index in [0.717, 1.165) is 23.3 Å². The average Bonchev–Trinajstić information content (AvgIpc) is 2.61. The third-order valence-corrected chi connectivity index (χ3v) is 6.13. The molecule has 0 saturated heterocycles. The standard InChI is InChI=1S/C19H25NO3S/c1-5-15(2)17-9-11-19(12-10-17)24(21,22)20(3)14-16-7-6-8-18(13-16)23-4/h6-13,15H,5,14H2,1-4H3. The molecule has 0 aromatic heterocycles. The van der Waals surface area contributed by atoms with Gasteiger partial charge in [0.2, 0.25) is 10.0 Å². The van der Waals surface area contributed by atoms with Crippen molar-refractivity contribution < 1.29 is 13.2 Å². The van der Waals surface area contributed by atoms with Crippen LogP contribution in [0.2, 0.25) is 0 Å². The van der Waals surface area contributed by atoms with Gasteiger partial charge < -0.3 is 4.74 Å². The molecule has 0 aliphatic rings. The van der Waals surface area contributed by atoms with Crippen LogP contribution in [0, 0.1) is 0 Å². The van der Waals surface area contributed by atoms with Crippen LogP contribution in [0.3, 0.4) is 0 Å². The molecule has 5 heteroatoms. The van der Waals surface area contributed by atoms with E-state index in [1.54, 1.807) is 26.3 Å². The quantitative estimate of drug-likeness (QED) is 0.760. The Kier molecular flexibility index (Phi) is 6.02. The normalized spacial score (nSPS) is 13.0. The number of methoxy groups -OCH3 is 1. The number of ether oxygens (including phenoxy) is 1. The second kappa shape index (κ2) is 7.81. The van der Waals surface area contributed by atoms with E-state index in [2.05, 4.69) is 13.8 Å². The van der Waals surface area contributed by atoms with Gasteiger partial charge in [-0.05, 0) is 47.7 Å². The highest BCUT2D eigenvalue weighted by Gasteiger charge is 2.21. The lowest BCUT2D eigenvalue weighted by atomic mass is 9.99. The van der Waals surface area contributed by atoms with Crippen LogP contribution >= 0.6 is 0 Å². The molecule has 0 fully saturated rings. The van der Waals surface area contributed by atoms with Crippen molar-refractivity contribution >= 4 is 10.0 Å².